The number of sulfonamides is 1. The minimum absolute atomic E-state index is 0.0665. The van der Waals surface area contributed by atoms with Crippen LogP contribution in [-0.2, 0) is 23.0 Å². The maximum atomic E-state index is 12.9. The number of amides is 1. The predicted octanol–water partition coefficient (Wildman–Crippen LogP) is 3.29. The van der Waals surface area contributed by atoms with Gasteiger partial charge in [-0.15, -0.1) is 0 Å². The van der Waals surface area contributed by atoms with Gasteiger partial charge in [0.15, 0.2) is 0 Å². The van der Waals surface area contributed by atoms with Gasteiger partial charge in [-0.2, -0.15) is 0 Å². The molecule has 1 aliphatic heterocycles. The first-order valence-electron chi connectivity index (χ1n) is 9.02. The summed E-state index contributed by atoms with van der Waals surface area (Å²) in [7, 11) is -1.53. The summed E-state index contributed by atoms with van der Waals surface area (Å²) in [6, 6.07) is 11.4. The molecule has 1 heterocycles. The quantitative estimate of drug-likeness (QED) is 0.810. The molecule has 2 aromatic rings. The van der Waals surface area contributed by atoms with E-state index in [9.17, 15) is 13.2 Å². The summed E-state index contributed by atoms with van der Waals surface area (Å²) in [5.41, 5.74) is 5.66. The molecule has 0 spiro atoms. The lowest BCUT2D eigenvalue weighted by molar-refractivity contribution is 0.0785. The third-order valence-corrected chi connectivity index (χ3v) is 6.36. The average molecular weight is 387 g/mol. The van der Waals surface area contributed by atoms with Gasteiger partial charge in [-0.25, -0.2) is 8.42 Å². The molecule has 0 saturated carbocycles. The van der Waals surface area contributed by atoms with Gasteiger partial charge in [0.1, 0.15) is 0 Å². The van der Waals surface area contributed by atoms with Crippen LogP contribution in [0, 0.1) is 13.8 Å². The van der Waals surface area contributed by atoms with Crippen molar-refractivity contribution in [3.05, 3.63) is 64.2 Å². The van der Waals surface area contributed by atoms with Crippen LogP contribution in [0.25, 0.3) is 0 Å². The third-order valence-electron chi connectivity index (χ3n) is 5.09. The summed E-state index contributed by atoms with van der Waals surface area (Å²) in [4.78, 5) is 14.6. The SMILES string of the molecule is Cc1ccc(CN(C)C(=O)c2ccc3c(c2)C[C@H](C)N3S(C)(=O)=O)c(C)c1. The first kappa shape index (κ1) is 19.4. The molecule has 0 aliphatic carbocycles. The molecule has 0 fully saturated rings. The van der Waals surface area contributed by atoms with Crippen LogP contribution in [0.4, 0.5) is 5.69 Å². The third kappa shape index (κ3) is 3.86. The Balaban J connectivity index is 1.83. The fraction of sp³-hybridized carbons (Fsp3) is 0.381. The smallest absolute Gasteiger partial charge is 0.253 e. The van der Waals surface area contributed by atoms with E-state index in [2.05, 4.69) is 32.0 Å². The Morgan fingerprint density at radius 1 is 1.19 bits per heavy atom. The summed E-state index contributed by atoms with van der Waals surface area (Å²) in [5, 5.41) is 0. The van der Waals surface area contributed by atoms with Gasteiger partial charge in [0, 0.05) is 25.2 Å². The first-order valence-corrected chi connectivity index (χ1v) is 10.9. The van der Waals surface area contributed by atoms with Crippen molar-refractivity contribution in [1.82, 2.24) is 4.90 Å². The molecule has 1 atom stereocenters. The van der Waals surface area contributed by atoms with Gasteiger partial charge >= 0.3 is 0 Å². The Morgan fingerprint density at radius 2 is 1.89 bits per heavy atom. The van der Waals surface area contributed by atoms with Crippen molar-refractivity contribution in [2.45, 2.75) is 39.8 Å². The van der Waals surface area contributed by atoms with Crippen molar-refractivity contribution in [1.29, 1.82) is 0 Å². The second kappa shape index (κ2) is 7.00. The van der Waals surface area contributed by atoms with E-state index in [0.717, 1.165) is 11.1 Å². The fourth-order valence-corrected chi connectivity index (χ4v) is 5.08. The van der Waals surface area contributed by atoms with Crippen molar-refractivity contribution in [3.8, 4) is 0 Å². The van der Waals surface area contributed by atoms with Crippen molar-refractivity contribution in [3.63, 3.8) is 0 Å². The normalized spacial score (nSPS) is 16.3. The number of hydrogen-bond donors (Lipinski definition) is 0. The molecule has 5 nitrogen and oxygen atoms in total. The highest BCUT2D eigenvalue weighted by Gasteiger charge is 2.33. The topological polar surface area (TPSA) is 57.7 Å². The molecule has 1 amide bonds. The predicted molar refractivity (Wildman–Crippen MR) is 109 cm³/mol. The van der Waals surface area contributed by atoms with Crippen LogP contribution in [0.2, 0.25) is 0 Å². The van der Waals surface area contributed by atoms with E-state index in [-0.39, 0.29) is 11.9 Å². The van der Waals surface area contributed by atoms with Crippen molar-refractivity contribution in [2.75, 3.05) is 17.6 Å². The molecule has 3 rings (SSSR count). The lowest BCUT2D eigenvalue weighted by Gasteiger charge is -2.22. The zero-order valence-electron chi connectivity index (χ0n) is 16.5. The Bertz CT molecular complexity index is 998. The summed E-state index contributed by atoms with van der Waals surface area (Å²) >= 11 is 0. The molecule has 6 heteroatoms. The summed E-state index contributed by atoms with van der Waals surface area (Å²) in [6.45, 7) is 6.52. The fourth-order valence-electron chi connectivity index (χ4n) is 3.81. The van der Waals surface area contributed by atoms with Gasteiger partial charge < -0.3 is 4.90 Å². The number of fused-ring (bicyclic) bond motifs is 1. The number of anilines is 1. The van der Waals surface area contributed by atoms with E-state index in [1.54, 1.807) is 24.1 Å². The second-order valence-corrected chi connectivity index (χ2v) is 9.41. The lowest BCUT2D eigenvalue weighted by atomic mass is 10.0. The maximum Gasteiger partial charge on any atom is 0.253 e. The van der Waals surface area contributed by atoms with E-state index in [4.69, 9.17) is 0 Å². The summed E-state index contributed by atoms with van der Waals surface area (Å²) < 4.78 is 25.5. The first-order chi connectivity index (χ1) is 12.6. The highest BCUT2D eigenvalue weighted by atomic mass is 32.2. The van der Waals surface area contributed by atoms with Crippen LogP contribution in [-0.4, -0.2) is 38.6 Å². The van der Waals surface area contributed by atoms with Crippen LogP contribution in [0.1, 0.15) is 39.5 Å². The lowest BCUT2D eigenvalue weighted by Crippen LogP contribution is -2.34. The molecule has 144 valence electrons. The minimum atomic E-state index is -3.33. The Hall–Kier alpha value is -2.34. The molecule has 0 radical (unpaired) electrons. The van der Waals surface area contributed by atoms with Gasteiger partial charge in [0.2, 0.25) is 10.0 Å². The van der Waals surface area contributed by atoms with E-state index >= 15 is 0 Å². The van der Waals surface area contributed by atoms with Gasteiger partial charge in [0.25, 0.3) is 5.91 Å². The molecule has 0 saturated heterocycles. The van der Waals surface area contributed by atoms with Gasteiger partial charge in [0.05, 0.1) is 11.9 Å². The molecular weight excluding hydrogens is 360 g/mol. The number of carbonyl (C=O) groups is 1. The summed E-state index contributed by atoms with van der Waals surface area (Å²) in [5.74, 6) is -0.0665. The number of aryl methyl sites for hydroxylation is 2. The van der Waals surface area contributed by atoms with Crippen LogP contribution < -0.4 is 4.31 Å². The molecular formula is C21H26N2O3S. The molecule has 1 aliphatic rings. The average Bonchev–Trinajstić information content (AvgIpc) is 2.91. The highest BCUT2D eigenvalue weighted by Crippen LogP contribution is 2.35. The monoisotopic (exact) mass is 386 g/mol. The van der Waals surface area contributed by atoms with E-state index in [1.807, 2.05) is 13.0 Å². The van der Waals surface area contributed by atoms with Gasteiger partial charge in [-0.05, 0) is 62.1 Å². The Morgan fingerprint density at radius 3 is 2.52 bits per heavy atom. The van der Waals surface area contributed by atoms with E-state index < -0.39 is 10.0 Å². The number of rotatable bonds is 4. The van der Waals surface area contributed by atoms with E-state index in [0.29, 0.717) is 24.2 Å². The molecule has 0 aromatic heterocycles. The molecule has 0 unspecified atom stereocenters. The number of hydrogen-bond acceptors (Lipinski definition) is 3. The number of benzene rings is 2. The Kier molecular flexibility index (Phi) is 5.04. The second-order valence-electron chi connectivity index (χ2n) is 7.55. The molecule has 0 bridgehead atoms. The van der Waals surface area contributed by atoms with Crippen LogP contribution in [0.3, 0.4) is 0 Å². The Labute approximate surface area is 161 Å². The summed E-state index contributed by atoms with van der Waals surface area (Å²) in [6.07, 6.45) is 1.83. The standard InChI is InChI=1S/C21H26N2O3S/c1-14-6-7-18(15(2)10-14)13-22(4)21(24)17-8-9-20-19(12-17)11-16(3)23(20)27(5,25)26/h6-10,12,16H,11,13H2,1-5H3/t16-/m0/s1. The van der Waals surface area contributed by atoms with Crippen molar-refractivity contribution in [2.24, 2.45) is 0 Å². The van der Waals surface area contributed by atoms with Crippen LogP contribution in [0.5, 0.6) is 0 Å². The largest absolute Gasteiger partial charge is 0.337 e. The zero-order valence-corrected chi connectivity index (χ0v) is 17.3. The molecule has 0 N–H and O–H groups in total. The van der Waals surface area contributed by atoms with Gasteiger partial charge in [-0.1, -0.05) is 23.8 Å². The zero-order chi connectivity index (χ0) is 19.9. The highest BCUT2D eigenvalue weighted by molar-refractivity contribution is 7.92. The molecule has 2 aromatic carbocycles. The van der Waals surface area contributed by atoms with Crippen LogP contribution >= 0.6 is 0 Å². The number of carbonyl (C=O) groups excluding carboxylic acids is 1. The van der Waals surface area contributed by atoms with Gasteiger partial charge in [-0.3, -0.25) is 9.10 Å². The minimum Gasteiger partial charge on any atom is -0.337 e. The van der Waals surface area contributed by atoms with Crippen LogP contribution in [0.15, 0.2) is 36.4 Å². The maximum absolute atomic E-state index is 12.9. The number of nitrogens with zero attached hydrogens (tertiary/aromatic N) is 2. The van der Waals surface area contributed by atoms with E-state index in [1.165, 1.54) is 21.7 Å². The molecule has 27 heavy (non-hydrogen) atoms. The van der Waals surface area contributed by atoms with Crippen molar-refractivity contribution < 1.29 is 13.2 Å². The van der Waals surface area contributed by atoms with Crippen molar-refractivity contribution >= 4 is 21.6 Å².